The van der Waals surface area contributed by atoms with Crippen LogP contribution in [-0.4, -0.2) is 16.5 Å². The molecule has 0 bridgehead atoms. The molecule has 0 radical (unpaired) electrons. The van der Waals surface area contributed by atoms with Gasteiger partial charge in [-0.2, -0.15) is 0 Å². The van der Waals surface area contributed by atoms with E-state index in [-0.39, 0.29) is 16.1 Å². The number of halogens is 2. The van der Waals surface area contributed by atoms with Gasteiger partial charge in [-0.05, 0) is 43.7 Å². The lowest BCUT2D eigenvalue weighted by atomic mass is 10.0. The maximum Gasteiger partial charge on any atom is 0.148 e. The molecular weight excluding hydrogens is 309 g/mol. The topological polar surface area (TPSA) is 37.8 Å². The molecule has 2 aromatic heterocycles. The molecule has 0 aromatic carbocycles. The zero-order valence-corrected chi connectivity index (χ0v) is 13.6. The Kier molecular flexibility index (Phi) is 3.88. The maximum atomic E-state index is 13.4. The second-order valence-electron chi connectivity index (χ2n) is 5.66. The van der Waals surface area contributed by atoms with E-state index in [0.29, 0.717) is 5.82 Å². The van der Waals surface area contributed by atoms with Crippen molar-refractivity contribution >= 4 is 28.8 Å². The van der Waals surface area contributed by atoms with Gasteiger partial charge in [0, 0.05) is 16.8 Å². The van der Waals surface area contributed by atoms with E-state index < -0.39 is 6.17 Å². The number of hydrogen-bond donors (Lipinski definition) is 1. The van der Waals surface area contributed by atoms with Crippen molar-refractivity contribution in [1.82, 2.24) is 9.97 Å². The summed E-state index contributed by atoms with van der Waals surface area (Å²) in [5, 5.41) is 5.74. The highest BCUT2D eigenvalue weighted by Gasteiger charge is 2.45. The largest absolute Gasteiger partial charge is 0.368 e. The SMILES string of the molecule is Cc1csc(C2(CNc3ncnc(C(C)F)c3Cl)CC2)c1. The van der Waals surface area contributed by atoms with E-state index in [4.69, 9.17) is 11.6 Å². The number of thiophene rings is 1. The van der Waals surface area contributed by atoms with Gasteiger partial charge < -0.3 is 5.32 Å². The Morgan fingerprint density at radius 3 is 2.81 bits per heavy atom. The quantitative estimate of drug-likeness (QED) is 0.867. The van der Waals surface area contributed by atoms with Crippen LogP contribution in [0.5, 0.6) is 0 Å². The first-order chi connectivity index (χ1) is 10.0. The number of aryl methyl sites for hydroxylation is 1. The van der Waals surface area contributed by atoms with Crippen LogP contribution in [0.4, 0.5) is 10.2 Å². The number of hydrogen-bond acceptors (Lipinski definition) is 4. The Hall–Kier alpha value is -1.20. The van der Waals surface area contributed by atoms with Gasteiger partial charge in [0.05, 0.1) is 5.69 Å². The normalized spacial score (nSPS) is 17.5. The van der Waals surface area contributed by atoms with E-state index in [9.17, 15) is 4.39 Å². The first-order valence-electron chi connectivity index (χ1n) is 6.96. The lowest BCUT2D eigenvalue weighted by Gasteiger charge is -2.16. The molecule has 1 atom stereocenters. The van der Waals surface area contributed by atoms with Gasteiger partial charge in [-0.25, -0.2) is 14.4 Å². The lowest BCUT2D eigenvalue weighted by Crippen LogP contribution is -2.19. The van der Waals surface area contributed by atoms with Crippen LogP contribution in [0, 0.1) is 6.92 Å². The summed E-state index contributed by atoms with van der Waals surface area (Å²) in [6.45, 7) is 4.30. The fourth-order valence-electron chi connectivity index (χ4n) is 2.41. The number of anilines is 1. The average Bonchev–Trinajstić information content (AvgIpc) is 3.11. The molecule has 1 aliphatic rings. The molecule has 0 saturated heterocycles. The van der Waals surface area contributed by atoms with Crippen LogP contribution in [0.3, 0.4) is 0 Å². The third-order valence-electron chi connectivity index (χ3n) is 3.89. The second kappa shape index (κ2) is 5.54. The first-order valence-corrected chi connectivity index (χ1v) is 8.21. The average molecular weight is 326 g/mol. The van der Waals surface area contributed by atoms with Gasteiger partial charge in [-0.15, -0.1) is 11.3 Å². The zero-order chi connectivity index (χ0) is 15.0. The van der Waals surface area contributed by atoms with Crippen LogP contribution in [0.25, 0.3) is 0 Å². The lowest BCUT2D eigenvalue weighted by molar-refractivity contribution is 0.365. The van der Waals surface area contributed by atoms with E-state index >= 15 is 0 Å². The third-order valence-corrected chi connectivity index (χ3v) is 5.56. The summed E-state index contributed by atoms with van der Waals surface area (Å²) in [5.74, 6) is 0.519. The summed E-state index contributed by atoms with van der Waals surface area (Å²) in [7, 11) is 0. The van der Waals surface area contributed by atoms with Crippen molar-refractivity contribution in [3.05, 3.63) is 38.9 Å². The summed E-state index contributed by atoms with van der Waals surface area (Å²) in [6.07, 6.45) is 2.48. The number of alkyl halides is 1. The highest BCUT2D eigenvalue weighted by atomic mass is 35.5. The molecule has 1 aliphatic carbocycles. The molecule has 1 unspecified atom stereocenters. The van der Waals surface area contributed by atoms with Crippen molar-refractivity contribution in [2.75, 3.05) is 11.9 Å². The molecule has 0 amide bonds. The molecule has 2 aromatic rings. The van der Waals surface area contributed by atoms with Crippen molar-refractivity contribution in [2.45, 2.75) is 38.3 Å². The van der Waals surface area contributed by atoms with Crippen LogP contribution < -0.4 is 5.32 Å². The number of aromatic nitrogens is 2. The number of nitrogens with one attached hydrogen (secondary N) is 1. The van der Waals surface area contributed by atoms with Gasteiger partial charge in [-0.3, -0.25) is 0 Å². The minimum absolute atomic E-state index is 0.189. The maximum absolute atomic E-state index is 13.4. The van der Waals surface area contributed by atoms with Crippen LogP contribution in [-0.2, 0) is 5.41 Å². The second-order valence-corrected chi connectivity index (χ2v) is 6.95. The van der Waals surface area contributed by atoms with Crippen LogP contribution >= 0.6 is 22.9 Å². The smallest absolute Gasteiger partial charge is 0.148 e. The van der Waals surface area contributed by atoms with Gasteiger partial charge in [0.15, 0.2) is 0 Å². The fraction of sp³-hybridized carbons (Fsp3) is 0.467. The van der Waals surface area contributed by atoms with E-state index in [1.54, 1.807) is 11.3 Å². The van der Waals surface area contributed by atoms with E-state index in [1.807, 2.05) is 0 Å². The van der Waals surface area contributed by atoms with Gasteiger partial charge in [0.2, 0.25) is 0 Å². The van der Waals surface area contributed by atoms with Gasteiger partial charge in [0.1, 0.15) is 23.3 Å². The van der Waals surface area contributed by atoms with E-state index in [1.165, 1.54) is 23.7 Å². The van der Waals surface area contributed by atoms with Crippen molar-refractivity contribution in [2.24, 2.45) is 0 Å². The van der Waals surface area contributed by atoms with Crippen molar-refractivity contribution in [3.8, 4) is 0 Å². The summed E-state index contributed by atoms with van der Waals surface area (Å²) >= 11 is 7.98. The molecule has 1 N–H and O–H groups in total. The molecule has 2 heterocycles. The Bertz CT molecular complexity index is 652. The Balaban J connectivity index is 1.75. The zero-order valence-electron chi connectivity index (χ0n) is 12.0. The Morgan fingerprint density at radius 1 is 1.48 bits per heavy atom. The van der Waals surface area contributed by atoms with E-state index in [2.05, 4.69) is 33.7 Å². The minimum atomic E-state index is -1.20. The number of nitrogens with zero attached hydrogens (tertiary/aromatic N) is 2. The molecule has 3 rings (SSSR count). The predicted molar refractivity (Wildman–Crippen MR) is 85.0 cm³/mol. The molecule has 0 aliphatic heterocycles. The highest BCUT2D eigenvalue weighted by Crippen LogP contribution is 2.50. The Morgan fingerprint density at radius 2 is 2.24 bits per heavy atom. The van der Waals surface area contributed by atoms with Gasteiger partial charge >= 0.3 is 0 Å². The van der Waals surface area contributed by atoms with Crippen LogP contribution in [0.1, 0.15) is 42.1 Å². The molecule has 3 nitrogen and oxygen atoms in total. The van der Waals surface area contributed by atoms with Gasteiger partial charge in [-0.1, -0.05) is 11.6 Å². The van der Waals surface area contributed by atoms with Crippen molar-refractivity contribution < 1.29 is 4.39 Å². The minimum Gasteiger partial charge on any atom is -0.368 e. The monoisotopic (exact) mass is 325 g/mol. The fourth-order valence-corrected chi connectivity index (χ4v) is 3.88. The highest BCUT2D eigenvalue weighted by molar-refractivity contribution is 7.10. The van der Waals surface area contributed by atoms with Crippen LogP contribution in [0.2, 0.25) is 5.02 Å². The van der Waals surface area contributed by atoms with Gasteiger partial charge in [0.25, 0.3) is 0 Å². The summed E-state index contributed by atoms with van der Waals surface area (Å²) in [6, 6.07) is 2.25. The summed E-state index contributed by atoms with van der Waals surface area (Å²) < 4.78 is 13.4. The molecule has 1 fully saturated rings. The molecule has 112 valence electrons. The molecule has 21 heavy (non-hydrogen) atoms. The van der Waals surface area contributed by atoms with Crippen molar-refractivity contribution in [3.63, 3.8) is 0 Å². The third kappa shape index (κ3) is 2.90. The first kappa shape index (κ1) is 14.7. The molecule has 1 saturated carbocycles. The molecule has 0 spiro atoms. The van der Waals surface area contributed by atoms with Crippen LogP contribution in [0.15, 0.2) is 17.8 Å². The standard InChI is InChI=1S/C15H17ClFN3S/c1-9-5-11(21-6-9)15(3-4-15)7-18-14-12(16)13(10(2)17)19-8-20-14/h5-6,8,10H,3-4,7H2,1-2H3,(H,18,19,20). The Labute approximate surface area is 132 Å². The molecule has 6 heteroatoms. The van der Waals surface area contributed by atoms with E-state index in [0.717, 1.165) is 19.4 Å². The number of rotatable bonds is 5. The predicted octanol–water partition coefficient (Wildman–Crippen LogP) is 4.67. The summed E-state index contributed by atoms with van der Waals surface area (Å²) in [4.78, 5) is 9.44. The van der Waals surface area contributed by atoms with Crippen molar-refractivity contribution in [1.29, 1.82) is 0 Å². The summed E-state index contributed by atoms with van der Waals surface area (Å²) in [5.41, 5.74) is 1.73. The molecular formula is C15H17ClFN3S.